The zero-order valence-corrected chi connectivity index (χ0v) is 14.4. The second-order valence-corrected chi connectivity index (χ2v) is 6.44. The largest absolute Gasteiger partial charge is 0.488 e. The molecule has 1 aromatic heterocycles. The molecule has 1 amide bonds. The van der Waals surface area contributed by atoms with Crippen LogP contribution < -0.4 is 15.6 Å². The van der Waals surface area contributed by atoms with Gasteiger partial charge < -0.3 is 10.1 Å². The van der Waals surface area contributed by atoms with Gasteiger partial charge >= 0.3 is 0 Å². The molecule has 26 heavy (non-hydrogen) atoms. The molecule has 1 aliphatic heterocycles. The molecule has 0 bridgehead atoms. The first-order valence-corrected chi connectivity index (χ1v) is 8.52. The van der Waals surface area contributed by atoms with Crippen molar-refractivity contribution >= 4 is 5.91 Å². The Labute approximate surface area is 150 Å². The number of aryl methyl sites for hydroxylation is 1. The fraction of sp³-hybridized carbons (Fsp3) is 0.200. The molecule has 0 aliphatic carbocycles. The van der Waals surface area contributed by atoms with Gasteiger partial charge in [0.15, 0.2) is 0 Å². The van der Waals surface area contributed by atoms with Crippen molar-refractivity contribution in [1.29, 1.82) is 0 Å². The molecule has 0 radical (unpaired) electrons. The first kappa shape index (κ1) is 16.2. The predicted octanol–water partition coefficient (Wildman–Crippen LogP) is 2.21. The van der Waals surface area contributed by atoms with E-state index in [4.69, 9.17) is 4.74 Å². The van der Waals surface area contributed by atoms with Crippen molar-refractivity contribution in [3.05, 3.63) is 81.8 Å². The Morgan fingerprint density at radius 2 is 2.00 bits per heavy atom. The number of carbonyl (C=O) groups is 1. The van der Waals surface area contributed by atoms with Crippen LogP contribution in [0.25, 0.3) is 5.69 Å². The van der Waals surface area contributed by atoms with Crippen LogP contribution in [-0.2, 0) is 6.42 Å². The summed E-state index contributed by atoms with van der Waals surface area (Å²) >= 11 is 0. The fourth-order valence-electron chi connectivity index (χ4n) is 3.07. The Hall–Kier alpha value is -3.28. The summed E-state index contributed by atoms with van der Waals surface area (Å²) in [6, 6.07) is 16.7. The number of H-pyrrole nitrogens is 1. The van der Waals surface area contributed by atoms with E-state index in [2.05, 4.69) is 10.4 Å². The van der Waals surface area contributed by atoms with Gasteiger partial charge in [-0.3, -0.25) is 14.7 Å². The van der Waals surface area contributed by atoms with Gasteiger partial charge in [-0.2, -0.15) is 0 Å². The van der Waals surface area contributed by atoms with Crippen molar-refractivity contribution in [2.24, 2.45) is 0 Å². The number of carbonyl (C=O) groups excluding carboxylic acids is 1. The highest BCUT2D eigenvalue weighted by molar-refractivity contribution is 5.92. The molecule has 2 aromatic carbocycles. The molecule has 0 saturated carbocycles. The normalized spacial score (nSPS) is 15.3. The predicted molar refractivity (Wildman–Crippen MR) is 98.0 cm³/mol. The quantitative estimate of drug-likeness (QED) is 0.758. The van der Waals surface area contributed by atoms with Gasteiger partial charge in [-0.05, 0) is 30.7 Å². The van der Waals surface area contributed by atoms with Crippen molar-refractivity contribution in [3.63, 3.8) is 0 Å². The minimum absolute atomic E-state index is 0.0951. The van der Waals surface area contributed by atoms with Crippen LogP contribution in [-0.4, -0.2) is 28.3 Å². The van der Waals surface area contributed by atoms with Gasteiger partial charge in [0.25, 0.3) is 11.5 Å². The Kier molecular flexibility index (Phi) is 4.08. The van der Waals surface area contributed by atoms with E-state index >= 15 is 0 Å². The average Bonchev–Trinajstić information content (AvgIpc) is 3.23. The number of benzene rings is 2. The number of rotatable bonds is 4. The van der Waals surface area contributed by atoms with E-state index in [1.165, 1.54) is 10.7 Å². The van der Waals surface area contributed by atoms with Crippen LogP contribution >= 0.6 is 0 Å². The molecule has 0 fully saturated rings. The second-order valence-electron chi connectivity index (χ2n) is 6.44. The molecule has 0 saturated heterocycles. The van der Waals surface area contributed by atoms with E-state index in [0.29, 0.717) is 12.2 Å². The summed E-state index contributed by atoms with van der Waals surface area (Å²) in [6.07, 6.45) is 0.666. The zero-order valence-electron chi connectivity index (χ0n) is 14.4. The van der Waals surface area contributed by atoms with E-state index in [1.807, 2.05) is 55.5 Å². The highest BCUT2D eigenvalue weighted by atomic mass is 16.5. The van der Waals surface area contributed by atoms with Crippen molar-refractivity contribution in [2.75, 3.05) is 6.54 Å². The van der Waals surface area contributed by atoms with E-state index in [9.17, 15) is 9.59 Å². The van der Waals surface area contributed by atoms with Crippen LogP contribution in [0.1, 0.15) is 21.6 Å². The Balaban J connectivity index is 1.42. The number of nitrogens with one attached hydrogen (secondary N) is 2. The van der Waals surface area contributed by atoms with Gasteiger partial charge in [-0.1, -0.05) is 35.9 Å². The molecule has 0 unspecified atom stereocenters. The minimum atomic E-state index is -0.326. The summed E-state index contributed by atoms with van der Waals surface area (Å²) in [5.74, 6) is 0.540. The first-order chi connectivity index (χ1) is 12.6. The van der Waals surface area contributed by atoms with Gasteiger partial charge in [0, 0.05) is 12.5 Å². The van der Waals surface area contributed by atoms with Gasteiger partial charge in [0.1, 0.15) is 17.5 Å². The fourth-order valence-corrected chi connectivity index (χ4v) is 3.07. The Bertz CT molecular complexity index is 977. The van der Waals surface area contributed by atoms with Crippen LogP contribution in [0.2, 0.25) is 0 Å². The number of aromatic nitrogens is 2. The van der Waals surface area contributed by atoms with Crippen LogP contribution in [0.3, 0.4) is 0 Å². The zero-order chi connectivity index (χ0) is 18.1. The lowest BCUT2D eigenvalue weighted by molar-refractivity contribution is 0.0928. The SMILES string of the molecule is Cc1ccc(-n2[nH]c(C(=O)NC[C@H]3Cc4ccccc4O3)cc2=O)cc1. The molecule has 3 aromatic rings. The molecule has 6 heteroatoms. The highest BCUT2D eigenvalue weighted by Gasteiger charge is 2.23. The molecule has 2 N–H and O–H groups in total. The number of ether oxygens (including phenoxy) is 1. The molecule has 0 spiro atoms. The van der Waals surface area contributed by atoms with Crippen LogP contribution in [0.5, 0.6) is 5.75 Å². The van der Waals surface area contributed by atoms with Crippen molar-refractivity contribution in [3.8, 4) is 11.4 Å². The number of hydrogen-bond acceptors (Lipinski definition) is 3. The smallest absolute Gasteiger partial charge is 0.271 e. The lowest BCUT2D eigenvalue weighted by atomic mass is 10.1. The third-order valence-corrected chi connectivity index (χ3v) is 4.46. The molecule has 4 rings (SSSR count). The lowest BCUT2D eigenvalue weighted by Crippen LogP contribution is -2.34. The summed E-state index contributed by atoms with van der Waals surface area (Å²) in [6.45, 7) is 2.36. The monoisotopic (exact) mass is 349 g/mol. The number of para-hydroxylation sites is 1. The summed E-state index contributed by atoms with van der Waals surface area (Å²) in [5.41, 5.74) is 2.89. The molecule has 132 valence electrons. The maximum absolute atomic E-state index is 12.4. The summed E-state index contributed by atoms with van der Waals surface area (Å²) in [7, 11) is 0. The second kappa shape index (κ2) is 6.55. The summed E-state index contributed by atoms with van der Waals surface area (Å²) < 4.78 is 7.17. The molecule has 1 aliphatic rings. The molecule has 6 nitrogen and oxygen atoms in total. The topological polar surface area (TPSA) is 76.1 Å². The maximum atomic E-state index is 12.4. The number of amides is 1. The van der Waals surface area contributed by atoms with E-state index in [1.54, 1.807) is 0 Å². The number of fused-ring (bicyclic) bond motifs is 1. The van der Waals surface area contributed by atoms with Crippen LogP contribution in [0.4, 0.5) is 0 Å². The van der Waals surface area contributed by atoms with Gasteiger partial charge in [0.2, 0.25) is 0 Å². The number of aromatic amines is 1. The van der Waals surface area contributed by atoms with Gasteiger partial charge in [-0.25, -0.2) is 4.68 Å². The highest BCUT2D eigenvalue weighted by Crippen LogP contribution is 2.27. The van der Waals surface area contributed by atoms with Crippen molar-refractivity contribution in [1.82, 2.24) is 15.1 Å². The molecular formula is C20H19N3O3. The minimum Gasteiger partial charge on any atom is -0.488 e. The number of hydrogen-bond donors (Lipinski definition) is 2. The van der Waals surface area contributed by atoms with Gasteiger partial charge in [0.05, 0.1) is 12.2 Å². The van der Waals surface area contributed by atoms with Crippen molar-refractivity contribution < 1.29 is 9.53 Å². The summed E-state index contributed by atoms with van der Waals surface area (Å²) in [5, 5.41) is 5.69. The van der Waals surface area contributed by atoms with E-state index in [0.717, 1.165) is 23.3 Å². The Morgan fingerprint density at radius 1 is 1.23 bits per heavy atom. The van der Waals surface area contributed by atoms with Crippen LogP contribution in [0, 0.1) is 6.92 Å². The third-order valence-electron chi connectivity index (χ3n) is 4.46. The van der Waals surface area contributed by atoms with E-state index in [-0.39, 0.29) is 23.3 Å². The van der Waals surface area contributed by atoms with Crippen LogP contribution in [0.15, 0.2) is 59.4 Å². The Morgan fingerprint density at radius 3 is 2.77 bits per heavy atom. The average molecular weight is 349 g/mol. The lowest BCUT2D eigenvalue weighted by Gasteiger charge is -2.11. The standard InChI is InChI=1S/C20H19N3O3/c1-13-6-8-15(9-7-13)23-19(24)11-17(22-23)20(25)21-12-16-10-14-4-2-3-5-18(14)26-16/h2-9,11,16,22H,10,12H2,1H3,(H,21,25)/t16-/m1/s1. The summed E-state index contributed by atoms with van der Waals surface area (Å²) in [4.78, 5) is 24.5. The first-order valence-electron chi connectivity index (χ1n) is 8.52. The maximum Gasteiger partial charge on any atom is 0.271 e. The molecular weight excluding hydrogens is 330 g/mol. The third kappa shape index (κ3) is 3.13. The molecule has 1 atom stereocenters. The number of nitrogens with zero attached hydrogens (tertiary/aromatic N) is 1. The van der Waals surface area contributed by atoms with E-state index < -0.39 is 0 Å². The van der Waals surface area contributed by atoms with Gasteiger partial charge in [-0.15, -0.1) is 0 Å². The van der Waals surface area contributed by atoms with Crippen molar-refractivity contribution in [2.45, 2.75) is 19.4 Å². The molecule has 2 heterocycles.